The number of hydrogen-bond acceptors (Lipinski definition) is 6. The number of fused-ring (bicyclic) bond motifs is 1. The molecule has 0 aliphatic carbocycles. The van der Waals surface area contributed by atoms with Crippen molar-refractivity contribution in [2.75, 3.05) is 19.6 Å². The van der Waals surface area contributed by atoms with Crippen molar-refractivity contribution in [3.05, 3.63) is 166 Å². The molecule has 0 bridgehead atoms. The number of carbonyl (C=O) groups is 1. The number of urea groups is 1. The fraction of sp³-hybridized carbons (Fsp3) is 0.304. The monoisotopic (exact) mass is 751 g/mol. The summed E-state index contributed by atoms with van der Waals surface area (Å²) in [4.78, 5) is 30.9. The minimum atomic E-state index is -0.569. The first-order valence-electron chi connectivity index (χ1n) is 19.6. The predicted octanol–water partition coefficient (Wildman–Crippen LogP) is 7.62. The molecule has 6 aromatic rings. The number of aromatic nitrogens is 2. The molecule has 8 rings (SSSR count). The van der Waals surface area contributed by atoms with Crippen LogP contribution in [0.3, 0.4) is 0 Å². The first-order chi connectivity index (χ1) is 27.4. The number of nitrogens with one attached hydrogen (secondary N) is 3. The number of benzene rings is 5. The van der Waals surface area contributed by atoms with Crippen LogP contribution in [0.1, 0.15) is 66.0 Å². The molecule has 2 fully saturated rings. The third kappa shape index (κ3) is 8.49. The summed E-state index contributed by atoms with van der Waals surface area (Å²) in [5.74, 6) is 0.0660. The van der Waals surface area contributed by atoms with Crippen molar-refractivity contribution in [3.63, 3.8) is 0 Å². The van der Waals surface area contributed by atoms with Gasteiger partial charge >= 0.3 is 11.7 Å². The summed E-state index contributed by atoms with van der Waals surface area (Å²) >= 11 is 0. The number of H-pyrrole nitrogens is 1. The van der Waals surface area contributed by atoms with Crippen molar-refractivity contribution in [1.29, 1.82) is 0 Å². The Morgan fingerprint density at radius 2 is 1.43 bits per heavy atom. The van der Waals surface area contributed by atoms with Gasteiger partial charge in [-0.05, 0) is 64.4 Å². The van der Waals surface area contributed by atoms with Gasteiger partial charge in [0.2, 0.25) is 0 Å². The maximum absolute atomic E-state index is 12.9. The van der Waals surface area contributed by atoms with E-state index in [1.165, 1.54) is 0 Å². The summed E-state index contributed by atoms with van der Waals surface area (Å²) < 4.78 is 15.5. The van der Waals surface area contributed by atoms with Gasteiger partial charge in [0.05, 0.1) is 29.8 Å². The Hall–Kier alpha value is -5.52. The van der Waals surface area contributed by atoms with E-state index in [9.17, 15) is 14.7 Å². The molecule has 0 radical (unpaired) electrons. The first-order valence-corrected chi connectivity index (χ1v) is 19.6. The lowest BCUT2D eigenvalue weighted by Gasteiger charge is -2.44. The van der Waals surface area contributed by atoms with Gasteiger partial charge in [0.1, 0.15) is 0 Å². The van der Waals surface area contributed by atoms with Crippen LogP contribution < -0.4 is 16.3 Å². The summed E-state index contributed by atoms with van der Waals surface area (Å²) in [6, 6.07) is 42.2. The van der Waals surface area contributed by atoms with Crippen LogP contribution >= 0.6 is 0 Å². The zero-order chi connectivity index (χ0) is 38.4. The molecule has 10 nitrogen and oxygen atoms in total. The molecule has 3 heterocycles. The number of hydrogen-bond donors (Lipinski definition) is 4. The van der Waals surface area contributed by atoms with Crippen molar-refractivity contribution in [3.8, 4) is 11.1 Å². The number of imidazole rings is 1. The number of rotatable bonds is 11. The van der Waals surface area contributed by atoms with E-state index in [-0.39, 0.29) is 42.5 Å². The number of aliphatic hydroxyl groups is 1. The van der Waals surface area contributed by atoms with Crippen LogP contribution in [0.25, 0.3) is 22.2 Å². The number of para-hydroxylation sites is 2. The molecule has 0 spiro atoms. The van der Waals surface area contributed by atoms with Crippen molar-refractivity contribution in [2.24, 2.45) is 5.92 Å². The Morgan fingerprint density at radius 1 is 0.750 bits per heavy atom. The van der Waals surface area contributed by atoms with E-state index >= 15 is 0 Å². The molecule has 10 heteroatoms. The summed E-state index contributed by atoms with van der Waals surface area (Å²) in [5.41, 5.74) is 8.81. The van der Waals surface area contributed by atoms with E-state index < -0.39 is 6.29 Å². The maximum atomic E-state index is 12.9. The normalized spacial score (nSPS) is 20.5. The fourth-order valence-corrected chi connectivity index (χ4v) is 8.10. The van der Waals surface area contributed by atoms with E-state index in [1.54, 1.807) is 0 Å². The van der Waals surface area contributed by atoms with Crippen LogP contribution in [-0.4, -0.2) is 51.3 Å². The Kier molecular flexibility index (Phi) is 11.4. The molecule has 2 aliphatic heterocycles. The molecule has 2 amide bonds. The predicted molar refractivity (Wildman–Crippen MR) is 218 cm³/mol. The molecule has 56 heavy (non-hydrogen) atoms. The van der Waals surface area contributed by atoms with Crippen molar-refractivity contribution in [1.82, 2.24) is 25.1 Å². The minimum Gasteiger partial charge on any atom is -0.392 e. The average Bonchev–Trinajstić information content (AvgIpc) is 3.59. The van der Waals surface area contributed by atoms with E-state index in [0.29, 0.717) is 13.1 Å². The molecular formula is C46H49N5O5. The van der Waals surface area contributed by atoms with Crippen molar-refractivity contribution < 1.29 is 19.4 Å². The minimum absolute atomic E-state index is 0.00774. The molecule has 2 aliphatic rings. The SMILES string of the molecule is CC1C(CN2CCC(n3c(=O)[nH]c4ccccc43)CC2)OC(c2ccc(-c3cccc(CNC(=O)NCc4ccccc4)c3)cc2)OC1c1ccc(CO)cc1. The van der Waals surface area contributed by atoms with Crippen LogP contribution in [0.5, 0.6) is 0 Å². The zero-order valence-corrected chi connectivity index (χ0v) is 31.6. The molecule has 1 aromatic heterocycles. The van der Waals surface area contributed by atoms with Gasteiger partial charge in [0, 0.05) is 50.2 Å². The standard InChI is InChI=1S/C46H49N5O5/c1-31-42(29-50-24-22-39(23-25-50)51-41-13-6-5-12-40(41)49-46(51)54)55-44(56-43(31)36-16-14-33(30-52)15-17-36)37-20-18-35(19-21-37)38-11-7-10-34(26-38)28-48-45(53)47-27-32-8-3-2-4-9-32/h2-21,26,31,39,42-44,52H,22-25,27-30H2,1H3,(H,49,54)(H2,47,48,53). The average molecular weight is 752 g/mol. The number of likely N-dealkylation sites (tertiary alicyclic amines) is 1. The largest absolute Gasteiger partial charge is 0.392 e. The first kappa shape index (κ1) is 37.4. The Bertz CT molecular complexity index is 2280. The second-order valence-electron chi connectivity index (χ2n) is 15.0. The van der Waals surface area contributed by atoms with E-state index in [4.69, 9.17) is 9.47 Å². The van der Waals surface area contributed by atoms with Crippen LogP contribution in [0.4, 0.5) is 4.79 Å². The molecule has 4 unspecified atom stereocenters. The Balaban J connectivity index is 0.940. The van der Waals surface area contributed by atoms with E-state index in [0.717, 1.165) is 82.5 Å². The lowest BCUT2D eigenvalue weighted by molar-refractivity contribution is -0.276. The maximum Gasteiger partial charge on any atom is 0.326 e. The number of amides is 2. The number of nitrogens with zero attached hydrogens (tertiary/aromatic N) is 2. The molecular weight excluding hydrogens is 703 g/mol. The van der Waals surface area contributed by atoms with Gasteiger partial charge in [0.15, 0.2) is 6.29 Å². The summed E-state index contributed by atoms with van der Waals surface area (Å²) in [7, 11) is 0. The third-order valence-electron chi connectivity index (χ3n) is 11.3. The van der Waals surface area contributed by atoms with Crippen LogP contribution in [0.15, 0.2) is 132 Å². The molecule has 0 saturated carbocycles. The highest BCUT2D eigenvalue weighted by Crippen LogP contribution is 2.42. The fourth-order valence-electron chi connectivity index (χ4n) is 8.10. The zero-order valence-electron chi connectivity index (χ0n) is 31.6. The number of ether oxygens (including phenoxy) is 2. The smallest absolute Gasteiger partial charge is 0.326 e. The number of aliphatic hydroxyl groups excluding tert-OH is 1. The second kappa shape index (κ2) is 17.1. The highest BCUT2D eigenvalue weighted by atomic mass is 16.7. The highest BCUT2D eigenvalue weighted by molar-refractivity contribution is 5.75. The van der Waals surface area contributed by atoms with Gasteiger partial charge in [-0.2, -0.15) is 0 Å². The topological polar surface area (TPSA) is 121 Å². The molecule has 5 aromatic carbocycles. The highest BCUT2D eigenvalue weighted by Gasteiger charge is 2.39. The number of piperidine rings is 1. The number of carbonyl (C=O) groups excluding carboxylic acids is 1. The molecule has 2 saturated heterocycles. The Morgan fingerprint density at radius 3 is 2.18 bits per heavy atom. The quantitative estimate of drug-likeness (QED) is 0.108. The van der Waals surface area contributed by atoms with Gasteiger partial charge in [0.25, 0.3) is 0 Å². The van der Waals surface area contributed by atoms with Crippen LogP contribution in [-0.2, 0) is 29.2 Å². The molecule has 4 N–H and O–H groups in total. The van der Waals surface area contributed by atoms with Gasteiger partial charge < -0.3 is 35.1 Å². The van der Waals surface area contributed by atoms with E-state index in [1.807, 2.05) is 83.4 Å². The van der Waals surface area contributed by atoms with Crippen LogP contribution in [0.2, 0.25) is 0 Å². The van der Waals surface area contributed by atoms with Gasteiger partial charge in [-0.1, -0.05) is 116 Å². The van der Waals surface area contributed by atoms with Gasteiger partial charge in [-0.15, -0.1) is 0 Å². The van der Waals surface area contributed by atoms with Crippen molar-refractivity contribution in [2.45, 2.75) is 64.0 Å². The third-order valence-corrected chi connectivity index (χ3v) is 11.3. The second-order valence-corrected chi connectivity index (χ2v) is 15.0. The molecule has 288 valence electrons. The lowest BCUT2D eigenvalue weighted by atomic mass is 9.89. The van der Waals surface area contributed by atoms with Gasteiger partial charge in [-0.3, -0.25) is 4.57 Å². The summed E-state index contributed by atoms with van der Waals surface area (Å²) in [6.07, 6.45) is 0.893. The summed E-state index contributed by atoms with van der Waals surface area (Å²) in [6.45, 7) is 5.56. The van der Waals surface area contributed by atoms with Gasteiger partial charge in [-0.25, -0.2) is 9.59 Å². The van der Waals surface area contributed by atoms with Crippen LogP contribution in [0, 0.1) is 5.92 Å². The van der Waals surface area contributed by atoms with E-state index in [2.05, 4.69) is 76.0 Å². The molecule has 4 atom stereocenters. The Labute approximate surface area is 327 Å². The van der Waals surface area contributed by atoms with Crippen molar-refractivity contribution >= 4 is 17.1 Å². The number of aromatic amines is 1. The summed E-state index contributed by atoms with van der Waals surface area (Å²) in [5, 5.41) is 15.6. The lowest BCUT2D eigenvalue weighted by Crippen LogP contribution is -2.47.